The smallest absolute Gasteiger partial charge is 0.0699 e. The van der Waals surface area contributed by atoms with Crippen LogP contribution in [0.15, 0.2) is 24.5 Å². The van der Waals surface area contributed by atoms with Gasteiger partial charge in [-0.15, -0.1) is 0 Å². The molecular formula is C14H24N2O. The highest BCUT2D eigenvalue weighted by molar-refractivity contribution is 5.09. The van der Waals surface area contributed by atoms with Gasteiger partial charge in [0.1, 0.15) is 0 Å². The molecule has 0 saturated heterocycles. The molecule has 3 heteroatoms. The summed E-state index contributed by atoms with van der Waals surface area (Å²) in [4.78, 5) is 4.01. The predicted molar refractivity (Wildman–Crippen MR) is 71.1 cm³/mol. The molecule has 0 aromatic carbocycles. The van der Waals surface area contributed by atoms with E-state index in [4.69, 9.17) is 4.74 Å². The molecule has 1 aromatic heterocycles. The number of hydrogen-bond donors (Lipinski definition) is 1. The van der Waals surface area contributed by atoms with Gasteiger partial charge in [-0.1, -0.05) is 13.3 Å². The average Bonchev–Trinajstić information content (AvgIpc) is 2.36. The first kappa shape index (κ1) is 14.1. The summed E-state index contributed by atoms with van der Waals surface area (Å²) in [5.41, 5.74) is 1.34. The minimum Gasteiger partial charge on any atom is -0.377 e. The van der Waals surface area contributed by atoms with Crippen LogP contribution < -0.4 is 5.32 Å². The monoisotopic (exact) mass is 236 g/mol. The van der Waals surface area contributed by atoms with Crippen molar-refractivity contribution >= 4 is 0 Å². The fraction of sp³-hybridized carbons (Fsp3) is 0.643. The van der Waals surface area contributed by atoms with Crippen molar-refractivity contribution in [1.82, 2.24) is 10.3 Å². The molecule has 1 aromatic rings. The maximum Gasteiger partial charge on any atom is 0.0699 e. The van der Waals surface area contributed by atoms with Crippen molar-refractivity contribution in [1.29, 1.82) is 0 Å². The molecule has 1 heterocycles. The molecule has 0 aliphatic heterocycles. The third-order valence-electron chi connectivity index (χ3n) is 2.76. The van der Waals surface area contributed by atoms with E-state index in [1.807, 2.05) is 19.4 Å². The van der Waals surface area contributed by atoms with Gasteiger partial charge in [-0.2, -0.15) is 0 Å². The summed E-state index contributed by atoms with van der Waals surface area (Å²) >= 11 is 0. The van der Waals surface area contributed by atoms with Crippen molar-refractivity contribution < 1.29 is 4.74 Å². The Morgan fingerprint density at radius 3 is 2.76 bits per heavy atom. The van der Waals surface area contributed by atoms with Crippen LogP contribution in [-0.4, -0.2) is 31.3 Å². The lowest BCUT2D eigenvalue weighted by Crippen LogP contribution is -2.27. The first-order chi connectivity index (χ1) is 8.36. The molecule has 96 valence electrons. The minimum absolute atomic E-state index is 0.363. The second-order valence-corrected chi connectivity index (χ2v) is 4.30. The van der Waals surface area contributed by atoms with Gasteiger partial charge in [-0.05, 0) is 44.0 Å². The van der Waals surface area contributed by atoms with Gasteiger partial charge >= 0.3 is 0 Å². The van der Waals surface area contributed by atoms with Crippen molar-refractivity contribution in [2.75, 3.05) is 20.2 Å². The summed E-state index contributed by atoms with van der Waals surface area (Å²) in [5.74, 6) is 0. The predicted octanol–water partition coefficient (Wildman–Crippen LogP) is 2.42. The number of hydrogen-bond acceptors (Lipinski definition) is 3. The first-order valence-electron chi connectivity index (χ1n) is 6.52. The summed E-state index contributed by atoms with van der Waals surface area (Å²) in [5, 5.41) is 3.18. The van der Waals surface area contributed by atoms with Crippen LogP contribution in [0.3, 0.4) is 0 Å². The van der Waals surface area contributed by atoms with E-state index in [-0.39, 0.29) is 0 Å². The van der Waals surface area contributed by atoms with Crippen LogP contribution in [0.25, 0.3) is 0 Å². The summed E-state index contributed by atoms with van der Waals surface area (Å²) in [6.07, 6.45) is 8.51. The maximum atomic E-state index is 5.87. The van der Waals surface area contributed by atoms with E-state index < -0.39 is 0 Å². The van der Waals surface area contributed by atoms with Crippen molar-refractivity contribution in [2.24, 2.45) is 0 Å². The van der Waals surface area contributed by atoms with Gasteiger partial charge < -0.3 is 10.1 Å². The van der Waals surface area contributed by atoms with Gasteiger partial charge in [0.2, 0.25) is 0 Å². The highest BCUT2D eigenvalue weighted by Gasteiger charge is 2.05. The molecule has 0 radical (unpaired) electrons. The largest absolute Gasteiger partial charge is 0.377 e. The molecule has 17 heavy (non-hydrogen) atoms. The van der Waals surface area contributed by atoms with Gasteiger partial charge in [-0.25, -0.2) is 0 Å². The zero-order valence-corrected chi connectivity index (χ0v) is 11.0. The normalized spacial score (nSPS) is 12.6. The number of aromatic nitrogens is 1. The zero-order chi connectivity index (χ0) is 12.3. The van der Waals surface area contributed by atoms with Crippen molar-refractivity contribution in [3.05, 3.63) is 30.1 Å². The van der Waals surface area contributed by atoms with Crippen LogP contribution >= 0.6 is 0 Å². The molecule has 0 fully saturated rings. The quantitative estimate of drug-likeness (QED) is 0.669. The lowest BCUT2D eigenvalue weighted by Gasteiger charge is -2.16. The lowest BCUT2D eigenvalue weighted by atomic mass is 10.1. The number of ether oxygens (including phenoxy) is 1. The van der Waals surface area contributed by atoms with E-state index in [1.165, 1.54) is 12.0 Å². The van der Waals surface area contributed by atoms with Crippen molar-refractivity contribution in [3.63, 3.8) is 0 Å². The second-order valence-electron chi connectivity index (χ2n) is 4.30. The van der Waals surface area contributed by atoms with Gasteiger partial charge in [0, 0.05) is 25.5 Å². The number of nitrogens with one attached hydrogen (secondary N) is 1. The van der Waals surface area contributed by atoms with Crippen LogP contribution in [0.5, 0.6) is 0 Å². The highest BCUT2D eigenvalue weighted by Crippen LogP contribution is 2.05. The van der Waals surface area contributed by atoms with Gasteiger partial charge in [0.15, 0.2) is 0 Å². The standard InChI is InChI=1S/C14H24N2O/c1-3-5-14(12-15-2)17-11-4-6-13-7-9-16-10-8-13/h7-10,14-15H,3-6,11-12H2,1-2H3. The Morgan fingerprint density at radius 1 is 1.35 bits per heavy atom. The third-order valence-corrected chi connectivity index (χ3v) is 2.76. The van der Waals surface area contributed by atoms with Crippen LogP contribution in [0.4, 0.5) is 0 Å². The molecule has 0 aliphatic rings. The van der Waals surface area contributed by atoms with Crippen molar-refractivity contribution in [2.45, 2.75) is 38.7 Å². The number of pyridine rings is 1. The fourth-order valence-electron chi connectivity index (χ4n) is 1.87. The van der Waals surface area contributed by atoms with Crippen LogP contribution in [0.2, 0.25) is 0 Å². The molecule has 0 bridgehead atoms. The number of aryl methyl sites for hydroxylation is 1. The third kappa shape index (κ3) is 6.39. The summed E-state index contributed by atoms with van der Waals surface area (Å²) in [6.45, 7) is 3.99. The Bertz CT molecular complexity index is 271. The Kier molecular flexibility index (Phi) is 7.60. The van der Waals surface area contributed by atoms with E-state index in [1.54, 1.807) is 0 Å². The molecule has 1 unspecified atom stereocenters. The van der Waals surface area contributed by atoms with Crippen LogP contribution in [0, 0.1) is 0 Å². The fourth-order valence-corrected chi connectivity index (χ4v) is 1.87. The van der Waals surface area contributed by atoms with E-state index in [0.717, 1.165) is 32.4 Å². The second kappa shape index (κ2) is 9.14. The average molecular weight is 236 g/mol. The SMILES string of the molecule is CCCC(CNC)OCCCc1ccncc1. The molecular weight excluding hydrogens is 212 g/mol. The highest BCUT2D eigenvalue weighted by atomic mass is 16.5. The number of nitrogens with zero attached hydrogens (tertiary/aromatic N) is 1. The lowest BCUT2D eigenvalue weighted by molar-refractivity contribution is 0.0469. The number of likely N-dealkylation sites (N-methyl/N-ethyl adjacent to an activating group) is 1. The van der Waals surface area contributed by atoms with E-state index in [2.05, 4.69) is 29.4 Å². The molecule has 0 amide bonds. The molecule has 0 spiro atoms. The van der Waals surface area contributed by atoms with Crippen LogP contribution in [-0.2, 0) is 11.2 Å². The molecule has 0 saturated carbocycles. The molecule has 1 N–H and O–H groups in total. The van der Waals surface area contributed by atoms with Crippen molar-refractivity contribution in [3.8, 4) is 0 Å². The molecule has 0 aliphatic carbocycles. The van der Waals surface area contributed by atoms with E-state index >= 15 is 0 Å². The van der Waals surface area contributed by atoms with Gasteiger partial charge in [-0.3, -0.25) is 4.98 Å². The Balaban J connectivity index is 2.13. The maximum absolute atomic E-state index is 5.87. The Morgan fingerprint density at radius 2 is 2.12 bits per heavy atom. The minimum atomic E-state index is 0.363. The first-order valence-corrected chi connectivity index (χ1v) is 6.52. The van der Waals surface area contributed by atoms with E-state index in [0.29, 0.717) is 6.10 Å². The van der Waals surface area contributed by atoms with Gasteiger partial charge in [0.05, 0.1) is 6.10 Å². The van der Waals surface area contributed by atoms with Crippen LogP contribution in [0.1, 0.15) is 31.7 Å². The molecule has 1 atom stereocenters. The topological polar surface area (TPSA) is 34.1 Å². The summed E-state index contributed by atoms with van der Waals surface area (Å²) in [7, 11) is 1.98. The number of rotatable bonds is 9. The molecule has 1 rings (SSSR count). The van der Waals surface area contributed by atoms with Gasteiger partial charge in [0.25, 0.3) is 0 Å². The Hall–Kier alpha value is -0.930. The summed E-state index contributed by atoms with van der Waals surface area (Å²) < 4.78 is 5.87. The summed E-state index contributed by atoms with van der Waals surface area (Å²) in [6, 6.07) is 4.13. The zero-order valence-electron chi connectivity index (χ0n) is 11.0. The van der Waals surface area contributed by atoms with E-state index in [9.17, 15) is 0 Å². The Labute approximate surface area is 105 Å². The molecule has 3 nitrogen and oxygen atoms in total.